The standard InChI is InChI=1S/C58H68N10O11/c1-34(2)51(59)55(73)60-35(3)52(70)62-40-21-17-36(18-22-40)33-79-58(76)68-45-30-49(48(77-6)29-43(45)56(74)67-25-11-10-15-44(67)57(68)75)78-26-12-16-50(69)61-42-28-47(66(5)32-42)54(72)64-41-23-19-37(20-24-41)38-27-46(65(4)31-38)53(71)63-39-13-8-7-9-14-39/h7-9,13-14,17-24,27-32,34-35,44,50-51,57,61,69,75H,10-12,15-16,25-26,33,59H2,1-6H3,(H,60,73)(H,62,70)(H,63,71)(H,64,72)/t35-,44-,50?,51-,57-/m0/s1. The zero-order chi connectivity index (χ0) is 56.5. The fourth-order valence-electron chi connectivity index (χ4n) is 9.41. The molecule has 2 aromatic heterocycles. The van der Waals surface area contributed by atoms with Crippen molar-refractivity contribution in [3.05, 3.63) is 138 Å². The van der Waals surface area contributed by atoms with Crippen molar-refractivity contribution in [3.63, 3.8) is 0 Å². The molecule has 2 aliphatic rings. The van der Waals surface area contributed by atoms with E-state index in [0.717, 1.165) is 28.9 Å². The van der Waals surface area contributed by atoms with Crippen LogP contribution in [0.5, 0.6) is 11.5 Å². The predicted molar refractivity (Wildman–Crippen MR) is 299 cm³/mol. The number of carbonyl (C=O) groups excluding carboxylic acids is 6. The van der Waals surface area contributed by atoms with Crippen molar-refractivity contribution in [2.24, 2.45) is 25.7 Å². The average molecular weight is 1080 g/mol. The summed E-state index contributed by atoms with van der Waals surface area (Å²) in [6.07, 6.45) is 2.61. The third-order valence-electron chi connectivity index (χ3n) is 13.9. The number of hydrogen-bond acceptors (Lipinski definition) is 13. The summed E-state index contributed by atoms with van der Waals surface area (Å²) in [4.78, 5) is 82.6. The number of aliphatic hydroxyl groups is 2. The van der Waals surface area contributed by atoms with E-state index >= 15 is 0 Å². The molecule has 1 fully saturated rings. The minimum absolute atomic E-state index is 0.0663. The molecule has 4 aromatic carbocycles. The number of aliphatic hydroxyl groups excluding tert-OH is 2. The number of nitrogens with two attached hydrogens (primary N) is 1. The summed E-state index contributed by atoms with van der Waals surface area (Å²) in [5.41, 5.74) is 11.4. The number of anilines is 5. The van der Waals surface area contributed by atoms with Crippen molar-refractivity contribution in [2.75, 3.05) is 46.4 Å². The van der Waals surface area contributed by atoms with Gasteiger partial charge in [-0.25, -0.2) is 9.69 Å². The van der Waals surface area contributed by atoms with Gasteiger partial charge in [-0.1, -0.05) is 56.3 Å². The average Bonchev–Trinajstić information content (AvgIpc) is 4.26. The maximum absolute atomic E-state index is 14.2. The molecule has 6 amide bonds. The van der Waals surface area contributed by atoms with Crippen LogP contribution in [-0.2, 0) is 35.0 Å². The van der Waals surface area contributed by atoms with Crippen molar-refractivity contribution < 1.29 is 53.2 Å². The molecule has 0 saturated carbocycles. The van der Waals surface area contributed by atoms with Crippen LogP contribution in [-0.4, -0.2) is 111 Å². The smallest absolute Gasteiger partial charge is 0.416 e. The zero-order valence-corrected chi connectivity index (χ0v) is 45.0. The van der Waals surface area contributed by atoms with Gasteiger partial charge in [-0.2, -0.15) is 0 Å². The molecular weight excluding hydrogens is 1010 g/mol. The summed E-state index contributed by atoms with van der Waals surface area (Å²) in [5.74, 6) is -1.57. The molecule has 0 aliphatic carbocycles. The Labute approximate surface area is 458 Å². The number of methoxy groups -OCH3 is 1. The number of amides is 6. The fourth-order valence-corrected chi connectivity index (χ4v) is 9.41. The van der Waals surface area contributed by atoms with Gasteiger partial charge in [0.05, 0.1) is 42.7 Å². The number of piperidine rings is 1. The molecule has 9 N–H and O–H groups in total. The molecule has 21 heteroatoms. The van der Waals surface area contributed by atoms with Crippen LogP contribution in [0.3, 0.4) is 0 Å². The lowest BCUT2D eigenvalue weighted by molar-refractivity contribution is -0.127. The highest BCUT2D eigenvalue weighted by molar-refractivity contribution is 6.07. The first-order valence-corrected chi connectivity index (χ1v) is 26.2. The molecule has 79 heavy (non-hydrogen) atoms. The fraction of sp³-hybridized carbons (Fsp3) is 0.345. The Morgan fingerprint density at radius 1 is 0.747 bits per heavy atom. The normalized spacial score (nSPS) is 16.1. The Morgan fingerprint density at radius 3 is 2.08 bits per heavy atom. The lowest BCUT2D eigenvalue weighted by atomic mass is 10.0. The number of benzene rings is 4. The van der Waals surface area contributed by atoms with Crippen LogP contribution >= 0.6 is 0 Å². The summed E-state index contributed by atoms with van der Waals surface area (Å²) in [6.45, 7) is 5.42. The van der Waals surface area contributed by atoms with Gasteiger partial charge in [-0.3, -0.25) is 24.0 Å². The van der Waals surface area contributed by atoms with Crippen molar-refractivity contribution >= 4 is 64.1 Å². The van der Waals surface area contributed by atoms with Gasteiger partial charge >= 0.3 is 6.09 Å². The highest BCUT2D eigenvalue weighted by atomic mass is 16.6. The Hall–Kier alpha value is -8.66. The minimum atomic E-state index is -1.47. The van der Waals surface area contributed by atoms with E-state index in [1.807, 2.05) is 75.6 Å². The zero-order valence-electron chi connectivity index (χ0n) is 45.0. The maximum atomic E-state index is 14.2. The first-order chi connectivity index (χ1) is 37.9. The van der Waals surface area contributed by atoms with E-state index in [-0.39, 0.29) is 66.0 Å². The van der Waals surface area contributed by atoms with Crippen molar-refractivity contribution in [2.45, 2.75) is 90.1 Å². The molecule has 8 rings (SSSR count). The van der Waals surface area contributed by atoms with Gasteiger partial charge in [0.25, 0.3) is 17.7 Å². The Balaban J connectivity index is 0.857. The molecule has 1 saturated heterocycles. The molecule has 2 aliphatic heterocycles. The van der Waals surface area contributed by atoms with Crippen LogP contribution in [0.25, 0.3) is 11.1 Å². The molecule has 6 aromatic rings. The van der Waals surface area contributed by atoms with E-state index < -0.39 is 48.5 Å². The number of ether oxygens (including phenoxy) is 3. The topological polar surface area (TPSA) is 273 Å². The Kier molecular flexibility index (Phi) is 18.0. The largest absolute Gasteiger partial charge is 0.493 e. The molecule has 1 unspecified atom stereocenters. The second-order valence-electron chi connectivity index (χ2n) is 20.1. The lowest BCUT2D eigenvalue weighted by Gasteiger charge is -2.38. The van der Waals surface area contributed by atoms with E-state index in [2.05, 4.69) is 26.6 Å². The van der Waals surface area contributed by atoms with Gasteiger partial charge in [-0.15, -0.1) is 0 Å². The van der Waals surface area contributed by atoms with E-state index in [0.29, 0.717) is 59.1 Å². The molecule has 416 valence electrons. The van der Waals surface area contributed by atoms with Crippen LogP contribution in [0.4, 0.5) is 33.2 Å². The Morgan fingerprint density at radius 2 is 1.39 bits per heavy atom. The van der Waals surface area contributed by atoms with E-state index in [1.54, 1.807) is 76.7 Å². The second kappa shape index (κ2) is 25.2. The first kappa shape index (κ1) is 56.5. The maximum Gasteiger partial charge on any atom is 0.416 e. The van der Waals surface area contributed by atoms with Gasteiger partial charge in [0, 0.05) is 61.7 Å². The molecule has 0 spiro atoms. The van der Waals surface area contributed by atoms with Crippen LogP contribution in [0.1, 0.15) is 89.8 Å². The number of fused-ring (bicyclic) bond motifs is 2. The summed E-state index contributed by atoms with van der Waals surface area (Å²) in [7, 11) is 4.95. The SMILES string of the molecule is COc1cc2c(cc1OCCCC(O)Nc1cc(C(=O)Nc3ccc(-c4cc(C(=O)Nc5ccccc5)n(C)c4)cc3)n(C)c1)N(C(=O)OCc1ccc(NC(=O)[C@H](C)NC(=O)[C@@H](N)C(C)C)cc1)[C@@H](O)[C@@H]1CCCCN1C2=O. The monoisotopic (exact) mass is 1080 g/mol. The summed E-state index contributed by atoms with van der Waals surface area (Å²) in [6, 6.07) is 27.1. The number of aromatic nitrogens is 2. The van der Waals surface area contributed by atoms with Gasteiger partial charge in [0.1, 0.15) is 30.3 Å². The lowest BCUT2D eigenvalue weighted by Crippen LogP contribution is -2.55. The highest BCUT2D eigenvalue weighted by Gasteiger charge is 2.44. The number of nitrogens with one attached hydrogen (secondary N) is 5. The van der Waals surface area contributed by atoms with E-state index in [9.17, 15) is 39.0 Å². The second-order valence-corrected chi connectivity index (χ2v) is 20.1. The number of hydrogen-bond donors (Lipinski definition) is 8. The minimum Gasteiger partial charge on any atom is -0.493 e. The van der Waals surface area contributed by atoms with Gasteiger partial charge in [0.15, 0.2) is 17.7 Å². The number of aryl methyl sites for hydroxylation is 2. The molecular formula is C58H68N10O11. The van der Waals surface area contributed by atoms with Crippen LogP contribution in [0, 0.1) is 5.92 Å². The quantitative estimate of drug-likeness (QED) is 0.0282. The van der Waals surface area contributed by atoms with E-state index in [1.165, 1.54) is 19.2 Å². The number of carbonyl (C=O) groups is 6. The third kappa shape index (κ3) is 13.5. The van der Waals surface area contributed by atoms with Crippen molar-refractivity contribution in [1.82, 2.24) is 19.4 Å². The van der Waals surface area contributed by atoms with Crippen LogP contribution < -0.4 is 46.7 Å². The van der Waals surface area contributed by atoms with Gasteiger partial charge in [0.2, 0.25) is 11.8 Å². The van der Waals surface area contributed by atoms with Crippen molar-refractivity contribution in [3.8, 4) is 22.6 Å². The number of nitrogens with zero attached hydrogens (tertiary/aromatic N) is 4. The molecule has 5 atom stereocenters. The summed E-state index contributed by atoms with van der Waals surface area (Å²) >= 11 is 0. The van der Waals surface area contributed by atoms with E-state index in [4.69, 9.17) is 19.9 Å². The molecule has 4 heterocycles. The highest BCUT2D eigenvalue weighted by Crippen LogP contribution is 2.41. The first-order valence-electron chi connectivity index (χ1n) is 26.2. The van der Waals surface area contributed by atoms with Crippen LogP contribution in [0.2, 0.25) is 0 Å². The summed E-state index contributed by atoms with van der Waals surface area (Å²) in [5, 5.41) is 37.1. The van der Waals surface area contributed by atoms with Gasteiger partial charge in [-0.05, 0) is 111 Å². The number of para-hydroxylation sites is 1. The summed E-state index contributed by atoms with van der Waals surface area (Å²) < 4.78 is 21.0. The Bertz CT molecular complexity index is 3160. The van der Waals surface area contributed by atoms with Crippen molar-refractivity contribution in [1.29, 1.82) is 0 Å². The van der Waals surface area contributed by atoms with Crippen LogP contribution in [0.15, 0.2) is 116 Å². The molecule has 0 radical (unpaired) electrons. The predicted octanol–water partition coefficient (Wildman–Crippen LogP) is 7.03. The third-order valence-corrected chi connectivity index (χ3v) is 13.9. The number of rotatable bonds is 20. The molecule has 21 nitrogen and oxygen atoms in total. The van der Waals surface area contributed by atoms with Gasteiger partial charge < -0.3 is 70.8 Å². The molecule has 0 bridgehead atoms.